The lowest BCUT2D eigenvalue weighted by molar-refractivity contribution is -0.129. The fraction of sp³-hybridized carbons (Fsp3) is 0.429. The third-order valence-electron chi connectivity index (χ3n) is 2.83. The zero-order chi connectivity index (χ0) is 14.6. The van der Waals surface area contributed by atoms with Gasteiger partial charge in [-0.05, 0) is 30.2 Å². The van der Waals surface area contributed by atoms with Gasteiger partial charge in [0.2, 0.25) is 5.91 Å². The Labute approximate surface area is 112 Å². The van der Waals surface area contributed by atoms with Crippen LogP contribution in [0.4, 0.5) is 4.39 Å². The first-order valence-corrected chi connectivity index (χ1v) is 6.10. The molecule has 0 aliphatic carbocycles. The molecule has 0 atom stereocenters. The summed E-state index contributed by atoms with van der Waals surface area (Å²) in [5.74, 6) is -0.970. The quantitative estimate of drug-likeness (QED) is 0.829. The van der Waals surface area contributed by atoms with Gasteiger partial charge in [0.1, 0.15) is 5.82 Å². The highest BCUT2D eigenvalue weighted by Crippen LogP contribution is 2.12. The van der Waals surface area contributed by atoms with Crippen molar-refractivity contribution >= 4 is 11.8 Å². The molecular formula is C14H19FN2O2. The van der Waals surface area contributed by atoms with Crippen molar-refractivity contribution in [2.24, 2.45) is 0 Å². The minimum absolute atomic E-state index is 0.0240. The normalized spacial score (nSPS) is 10.2. The van der Waals surface area contributed by atoms with Crippen molar-refractivity contribution in [1.29, 1.82) is 0 Å². The Hall–Kier alpha value is -1.91. The van der Waals surface area contributed by atoms with Gasteiger partial charge in [-0.3, -0.25) is 9.59 Å². The fourth-order valence-electron chi connectivity index (χ4n) is 1.61. The molecule has 19 heavy (non-hydrogen) atoms. The number of aryl methyl sites for hydroxylation is 1. The molecule has 0 unspecified atom stereocenters. The SMILES string of the molecule is CCc1cc(F)cc(C(=O)N(C)CC(=O)N(C)C)c1. The summed E-state index contributed by atoms with van der Waals surface area (Å²) in [4.78, 5) is 26.3. The highest BCUT2D eigenvalue weighted by Gasteiger charge is 2.17. The first-order valence-electron chi connectivity index (χ1n) is 6.10. The molecule has 104 valence electrons. The van der Waals surface area contributed by atoms with Gasteiger partial charge >= 0.3 is 0 Å². The molecule has 1 aromatic rings. The van der Waals surface area contributed by atoms with E-state index in [1.807, 2.05) is 6.92 Å². The van der Waals surface area contributed by atoms with E-state index in [9.17, 15) is 14.0 Å². The molecule has 0 aliphatic rings. The zero-order valence-corrected chi connectivity index (χ0v) is 11.7. The standard InChI is InChI=1S/C14H19FN2O2/c1-5-10-6-11(8-12(15)7-10)14(19)17(4)9-13(18)16(2)3/h6-8H,5,9H2,1-4H3. The monoisotopic (exact) mass is 266 g/mol. The van der Waals surface area contributed by atoms with Crippen molar-refractivity contribution in [3.05, 3.63) is 35.1 Å². The second-order valence-corrected chi connectivity index (χ2v) is 4.65. The van der Waals surface area contributed by atoms with Crippen molar-refractivity contribution in [1.82, 2.24) is 9.80 Å². The number of carbonyl (C=O) groups excluding carboxylic acids is 2. The van der Waals surface area contributed by atoms with E-state index in [0.717, 1.165) is 5.56 Å². The lowest BCUT2D eigenvalue weighted by Crippen LogP contribution is -2.37. The second kappa shape index (κ2) is 6.31. The Morgan fingerprint density at radius 2 is 1.79 bits per heavy atom. The molecule has 0 aromatic heterocycles. The molecule has 0 bridgehead atoms. The maximum Gasteiger partial charge on any atom is 0.254 e. The summed E-state index contributed by atoms with van der Waals surface area (Å²) in [5.41, 5.74) is 1.03. The summed E-state index contributed by atoms with van der Waals surface area (Å²) in [6.45, 7) is 1.87. The highest BCUT2D eigenvalue weighted by atomic mass is 19.1. The second-order valence-electron chi connectivity index (χ2n) is 4.65. The number of amides is 2. The van der Waals surface area contributed by atoms with Crippen molar-refractivity contribution in [3.8, 4) is 0 Å². The highest BCUT2D eigenvalue weighted by molar-refractivity contribution is 5.96. The van der Waals surface area contributed by atoms with E-state index < -0.39 is 5.82 Å². The summed E-state index contributed by atoms with van der Waals surface area (Å²) in [6.07, 6.45) is 0.651. The number of hydrogen-bond donors (Lipinski definition) is 0. The van der Waals surface area contributed by atoms with Gasteiger partial charge < -0.3 is 9.80 Å². The van der Waals surface area contributed by atoms with Crippen molar-refractivity contribution in [2.45, 2.75) is 13.3 Å². The first-order chi connectivity index (χ1) is 8.85. The number of halogens is 1. The molecule has 0 aliphatic heterocycles. The predicted octanol–water partition coefficient (Wildman–Crippen LogP) is 1.55. The van der Waals surface area contributed by atoms with Crippen LogP contribution < -0.4 is 0 Å². The first kappa shape index (κ1) is 15.1. The van der Waals surface area contributed by atoms with Crippen molar-refractivity contribution in [2.75, 3.05) is 27.7 Å². The molecule has 1 aromatic carbocycles. The van der Waals surface area contributed by atoms with Crippen LogP contribution in [-0.2, 0) is 11.2 Å². The van der Waals surface area contributed by atoms with Crippen LogP contribution in [0.25, 0.3) is 0 Å². The molecule has 0 radical (unpaired) electrons. The van der Waals surface area contributed by atoms with Gasteiger partial charge in [0, 0.05) is 26.7 Å². The van der Waals surface area contributed by atoms with E-state index in [4.69, 9.17) is 0 Å². The molecule has 1 rings (SSSR count). The Kier molecular flexibility index (Phi) is 5.03. The molecule has 0 heterocycles. The van der Waals surface area contributed by atoms with Crippen LogP contribution in [0.15, 0.2) is 18.2 Å². The zero-order valence-electron chi connectivity index (χ0n) is 11.7. The Morgan fingerprint density at radius 3 is 2.32 bits per heavy atom. The molecule has 4 nitrogen and oxygen atoms in total. The van der Waals surface area contributed by atoms with Gasteiger partial charge in [0.15, 0.2) is 0 Å². The third-order valence-corrected chi connectivity index (χ3v) is 2.83. The van der Waals surface area contributed by atoms with Crippen LogP contribution in [0.2, 0.25) is 0 Å². The van der Waals surface area contributed by atoms with E-state index >= 15 is 0 Å². The average molecular weight is 266 g/mol. The number of rotatable bonds is 4. The Balaban J connectivity index is 2.88. The maximum absolute atomic E-state index is 13.4. The fourth-order valence-corrected chi connectivity index (χ4v) is 1.61. The van der Waals surface area contributed by atoms with E-state index in [0.29, 0.717) is 6.42 Å². The minimum atomic E-state index is -0.435. The predicted molar refractivity (Wildman–Crippen MR) is 71.4 cm³/mol. The molecular weight excluding hydrogens is 247 g/mol. The Morgan fingerprint density at radius 1 is 1.16 bits per heavy atom. The van der Waals surface area contributed by atoms with Crippen LogP contribution >= 0.6 is 0 Å². The molecule has 0 spiro atoms. The molecule has 0 saturated carbocycles. The molecule has 5 heteroatoms. The van der Waals surface area contributed by atoms with E-state index in [2.05, 4.69) is 0 Å². The van der Waals surface area contributed by atoms with Gasteiger partial charge in [0.25, 0.3) is 5.91 Å². The summed E-state index contributed by atoms with van der Waals surface area (Å²) in [6, 6.07) is 4.25. The minimum Gasteiger partial charge on any atom is -0.347 e. The lowest BCUT2D eigenvalue weighted by atomic mass is 10.1. The van der Waals surface area contributed by atoms with Crippen molar-refractivity contribution in [3.63, 3.8) is 0 Å². The van der Waals surface area contributed by atoms with E-state index in [1.54, 1.807) is 20.2 Å². The summed E-state index contributed by atoms with van der Waals surface area (Å²) >= 11 is 0. The number of likely N-dealkylation sites (N-methyl/N-ethyl adjacent to an activating group) is 2. The Bertz CT molecular complexity index is 486. The molecule has 0 saturated heterocycles. The van der Waals surface area contributed by atoms with Crippen molar-refractivity contribution < 1.29 is 14.0 Å². The maximum atomic E-state index is 13.4. The third kappa shape index (κ3) is 4.05. The van der Waals surface area contributed by atoms with Crippen LogP contribution in [0.5, 0.6) is 0 Å². The van der Waals surface area contributed by atoms with Gasteiger partial charge in [-0.15, -0.1) is 0 Å². The summed E-state index contributed by atoms with van der Waals surface area (Å²) in [7, 11) is 4.77. The van der Waals surface area contributed by atoms with Gasteiger partial charge in [-0.1, -0.05) is 6.92 Å². The van der Waals surface area contributed by atoms with Crippen LogP contribution in [0, 0.1) is 5.82 Å². The van der Waals surface area contributed by atoms with Gasteiger partial charge in [-0.25, -0.2) is 4.39 Å². The van der Waals surface area contributed by atoms with E-state index in [1.165, 1.54) is 29.0 Å². The van der Waals surface area contributed by atoms with Crippen LogP contribution in [0.1, 0.15) is 22.8 Å². The molecule has 0 fully saturated rings. The summed E-state index contributed by atoms with van der Waals surface area (Å²) in [5, 5.41) is 0. The largest absolute Gasteiger partial charge is 0.347 e. The van der Waals surface area contributed by atoms with Crippen LogP contribution in [-0.4, -0.2) is 49.3 Å². The van der Waals surface area contributed by atoms with Crippen LogP contribution in [0.3, 0.4) is 0 Å². The lowest BCUT2D eigenvalue weighted by Gasteiger charge is -2.19. The van der Waals surface area contributed by atoms with E-state index in [-0.39, 0.29) is 23.9 Å². The topological polar surface area (TPSA) is 40.6 Å². The van der Waals surface area contributed by atoms with Gasteiger partial charge in [-0.2, -0.15) is 0 Å². The number of hydrogen-bond acceptors (Lipinski definition) is 2. The molecule has 0 N–H and O–H groups in total. The average Bonchev–Trinajstić information content (AvgIpc) is 2.36. The number of benzene rings is 1. The van der Waals surface area contributed by atoms with Gasteiger partial charge in [0.05, 0.1) is 6.54 Å². The molecule has 2 amide bonds. The smallest absolute Gasteiger partial charge is 0.254 e. The number of nitrogens with zero attached hydrogens (tertiary/aromatic N) is 2. The summed E-state index contributed by atoms with van der Waals surface area (Å²) < 4.78 is 13.4. The number of carbonyl (C=O) groups is 2.